The van der Waals surface area contributed by atoms with E-state index in [1.54, 1.807) is 36.4 Å². The zero-order valence-corrected chi connectivity index (χ0v) is 15.8. The summed E-state index contributed by atoms with van der Waals surface area (Å²) in [6.45, 7) is 3.51. The van der Waals surface area contributed by atoms with E-state index in [0.717, 1.165) is 11.1 Å². The molecule has 0 fully saturated rings. The van der Waals surface area contributed by atoms with Crippen molar-refractivity contribution in [3.8, 4) is 11.5 Å². The third-order valence-electron chi connectivity index (χ3n) is 4.07. The number of hydrogen-bond donors (Lipinski definition) is 1. The van der Waals surface area contributed by atoms with Gasteiger partial charge in [0.25, 0.3) is 5.91 Å². The third kappa shape index (κ3) is 4.98. The molecule has 0 heterocycles. The molecule has 3 aromatic rings. The first-order chi connectivity index (χ1) is 13.5. The zero-order chi connectivity index (χ0) is 19.9. The molecule has 0 radical (unpaired) electrons. The monoisotopic (exact) mass is 375 g/mol. The molecule has 1 N–H and O–H groups in total. The molecule has 0 aliphatic rings. The molecular weight excluding hydrogens is 354 g/mol. The molecule has 0 spiro atoms. The van der Waals surface area contributed by atoms with E-state index in [1.165, 1.54) is 0 Å². The van der Waals surface area contributed by atoms with Gasteiger partial charge in [0.2, 0.25) is 0 Å². The molecule has 0 atom stereocenters. The Morgan fingerprint density at radius 2 is 1.61 bits per heavy atom. The second-order valence-corrected chi connectivity index (χ2v) is 6.35. The lowest BCUT2D eigenvalue weighted by atomic mass is 10.1. The maximum Gasteiger partial charge on any atom is 0.342 e. The SMILES string of the molecule is Cc1ccc(NC(=O)COC(=O)c2ccccc2Oc2ccccc2)c(C)c1. The summed E-state index contributed by atoms with van der Waals surface area (Å²) >= 11 is 0. The van der Waals surface area contributed by atoms with Crippen LogP contribution in [0.2, 0.25) is 0 Å². The molecule has 0 aromatic heterocycles. The summed E-state index contributed by atoms with van der Waals surface area (Å²) in [4.78, 5) is 24.6. The van der Waals surface area contributed by atoms with Gasteiger partial charge in [-0.3, -0.25) is 4.79 Å². The first kappa shape index (κ1) is 19.2. The van der Waals surface area contributed by atoms with Crippen LogP contribution in [0.1, 0.15) is 21.5 Å². The van der Waals surface area contributed by atoms with Crippen molar-refractivity contribution in [3.63, 3.8) is 0 Å². The molecule has 0 saturated heterocycles. The van der Waals surface area contributed by atoms with Gasteiger partial charge in [-0.1, -0.05) is 48.0 Å². The molecule has 0 unspecified atom stereocenters. The van der Waals surface area contributed by atoms with Crippen LogP contribution < -0.4 is 10.1 Å². The first-order valence-electron chi connectivity index (χ1n) is 8.89. The Hall–Kier alpha value is -3.60. The molecule has 5 heteroatoms. The van der Waals surface area contributed by atoms with Gasteiger partial charge >= 0.3 is 5.97 Å². The molecule has 0 aliphatic carbocycles. The largest absolute Gasteiger partial charge is 0.456 e. The summed E-state index contributed by atoms with van der Waals surface area (Å²) in [5.41, 5.74) is 3.00. The summed E-state index contributed by atoms with van der Waals surface area (Å²) in [6, 6.07) is 21.6. The molecule has 0 bridgehead atoms. The van der Waals surface area contributed by atoms with Crippen molar-refractivity contribution >= 4 is 17.6 Å². The average Bonchev–Trinajstić information content (AvgIpc) is 2.69. The lowest BCUT2D eigenvalue weighted by molar-refractivity contribution is -0.119. The molecule has 0 aliphatic heterocycles. The van der Waals surface area contributed by atoms with E-state index in [-0.39, 0.29) is 12.2 Å². The van der Waals surface area contributed by atoms with Crippen LogP contribution in [-0.2, 0) is 9.53 Å². The van der Waals surface area contributed by atoms with Gasteiger partial charge < -0.3 is 14.8 Å². The fourth-order valence-electron chi connectivity index (χ4n) is 2.69. The Labute approximate surface area is 163 Å². The Bertz CT molecular complexity index is 983. The molecule has 1 amide bonds. The van der Waals surface area contributed by atoms with Crippen LogP contribution in [0.4, 0.5) is 5.69 Å². The molecule has 3 rings (SSSR count). The van der Waals surface area contributed by atoms with Crippen molar-refractivity contribution in [2.75, 3.05) is 11.9 Å². The van der Waals surface area contributed by atoms with Crippen molar-refractivity contribution in [3.05, 3.63) is 89.5 Å². The summed E-state index contributed by atoms with van der Waals surface area (Å²) in [6.07, 6.45) is 0. The van der Waals surface area contributed by atoms with Crippen molar-refractivity contribution in [2.45, 2.75) is 13.8 Å². The predicted molar refractivity (Wildman–Crippen MR) is 108 cm³/mol. The summed E-state index contributed by atoms with van der Waals surface area (Å²) < 4.78 is 10.9. The van der Waals surface area contributed by atoms with E-state index in [9.17, 15) is 9.59 Å². The molecule has 0 saturated carbocycles. The minimum absolute atomic E-state index is 0.255. The molecule has 28 heavy (non-hydrogen) atoms. The summed E-state index contributed by atoms with van der Waals surface area (Å²) in [5, 5.41) is 2.75. The lowest BCUT2D eigenvalue weighted by Crippen LogP contribution is -2.21. The number of benzene rings is 3. The number of hydrogen-bond acceptors (Lipinski definition) is 4. The van der Waals surface area contributed by atoms with E-state index in [1.807, 2.05) is 50.2 Å². The number of esters is 1. The van der Waals surface area contributed by atoms with Crippen molar-refractivity contribution in [2.24, 2.45) is 0 Å². The van der Waals surface area contributed by atoms with E-state index < -0.39 is 11.9 Å². The van der Waals surface area contributed by atoms with Crippen LogP contribution >= 0.6 is 0 Å². The van der Waals surface area contributed by atoms with Crippen molar-refractivity contribution in [1.29, 1.82) is 0 Å². The minimum atomic E-state index is -0.623. The Balaban J connectivity index is 1.62. The van der Waals surface area contributed by atoms with E-state index in [0.29, 0.717) is 17.2 Å². The highest BCUT2D eigenvalue weighted by atomic mass is 16.5. The summed E-state index contributed by atoms with van der Waals surface area (Å²) in [5.74, 6) is -0.0482. The standard InChI is InChI=1S/C23H21NO4/c1-16-12-13-20(17(2)14-16)24-22(25)15-27-23(26)19-10-6-7-11-21(19)28-18-8-4-3-5-9-18/h3-14H,15H2,1-2H3,(H,24,25). The highest BCUT2D eigenvalue weighted by Crippen LogP contribution is 2.25. The fourth-order valence-corrected chi connectivity index (χ4v) is 2.69. The number of amides is 1. The van der Waals surface area contributed by atoms with Crippen LogP contribution in [0.25, 0.3) is 0 Å². The Kier molecular flexibility index (Phi) is 6.07. The molecular formula is C23H21NO4. The van der Waals surface area contributed by atoms with Crippen LogP contribution in [0.3, 0.4) is 0 Å². The third-order valence-corrected chi connectivity index (χ3v) is 4.07. The van der Waals surface area contributed by atoms with Gasteiger partial charge in [0, 0.05) is 5.69 Å². The fraction of sp³-hybridized carbons (Fsp3) is 0.130. The second kappa shape index (κ2) is 8.86. The number of nitrogens with one attached hydrogen (secondary N) is 1. The Morgan fingerprint density at radius 1 is 0.893 bits per heavy atom. The van der Waals surface area contributed by atoms with Gasteiger partial charge in [-0.25, -0.2) is 4.79 Å². The number of para-hydroxylation sites is 2. The highest BCUT2D eigenvalue weighted by molar-refractivity contribution is 5.97. The second-order valence-electron chi connectivity index (χ2n) is 6.35. The van der Waals surface area contributed by atoms with E-state index >= 15 is 0 Å². The van der Waals surface area contributed by atoms with E-state index in [2.05, 4.69) is 5.32 Å². The zero-order valence-electron chi connectivity index (χ0n) is 15.8. The van der Waals surface area contributed by atoms with Gasteiger partial charge in [0.05, 0.1) is 0 Å². The normalized spacial score (nSPS) is 10.2. The topological polar surface area (TPSA) is 64.6 Å². The molecule has 3 aromatic carbocycles. The average molecular weight is 375 g/mol. The minimum Gasteiger partial charge on any atom is -0.456 e. The van der Waals surface area contributed by atoms with Crippen LogP contribution in [0.5, 0.6) is 11.5 Å². The van der Waals surface area contributed by atoms with Crippen LogP contribution in [-0.4, -0.2) is 18.5 Å². The molecule has 5 nitrogen and oxygen atoms in total. The number of carbonyl (C=O) groups is 2. The number of carbonyl (C=O) groups excluding carboxylic acids is 2. The number of aryl methyl sites for hydroxylation is 2. The van der Waals surface area contributed by atoms with Gasteiger partial charge in [0.1, 0.15) is 17.1 Å². The van der Waals surface area contributed by atoms with E-state index in [4.69, 9.17) is 9.47 Å². The maximum absolute atomic E-state index is 12.4. The van der Waals surface area contributed by atoms with Gasteiger partial charge in [-0.15, -0.1) is 0 Å². The highest BCUT2D eigenvalue weighted by Gasteiger charge is 2.16. The smallest absolute Gasteiger partial charge is 0.342 e. The lowest BCUT2D eigenvalue weighted by Gasteiger charge is -2.12. The van der Waals surface area contributed by atoms with Gasteiger partial charge in [-0.2, -0.15) is 0 Å². The molecule has 142 valence electrons. The number of ether oxygens (including phenoxy) is 2. The number of anilines is 1. The van der Waals surface area contributed by atoms with Gasteiger partial charge in [-0.05, 0) is 49.7 Å². The quantitative estimate of drug-likeness (QED) is 0.623. The van der Waals surface area contributed by atoms with Crippen LogP contribution in [0.15, 0.2) is 72.8 Å². The Morgan fingerprint density at radius 3 is 2.36 bits per heavy atom. The first-order valence-corrected chi connectivity index (χ1v) is 8.89. The van der Waals surface area contributed by atoms with Crippen molar-refractivity contribution in [1.82, 2.24) is 0 Å². The van der Waals surface area contributed by atoms with Gasteiger partial charge in [0.15, 0.2) is 6.61 Å². The maximum atomic E-state index is 12.4. The van der Waals surface area contributed by atoms with Crippen molar-refractivity contribution < 1.29 is 19.1 Å². The summed E-state index contributed by atoms with van der Waals surface area (Å²) in [7, 11) is 0. The predicted octanol–water partition coefficient (Wildman–Crippen LogP) is 4.89. The van der Waals surface area contributed by atoms with Crippen LogP contribution in [0, 0.1) is 13.8 Å². The number of rotatable bonds is 6.